The number of urea groups is 2. The zero-order chi connectivity index (χ0) is 25.5. The van der Waals surface area contributed by atoms with Crippen molar-refractivity contribution in [1.29, 1.82) is 0 Å². The SMILES string of the molecule is CCCNC(=O)N1CCN(CC2=C(C(=O)OCC)C(c3ccc(Cl)c(Cl)c3)NC(=O)N2CC)CC1. The Morgan fingerprint density at radius 3 is 2.43 bits per heavy atom. The number of piperazine rings is 1. The molecule has 1 fully saturated rings. The summed E-state index contributed by atoms with van der Waals surface area (Å²) in [6.07, 6.45) is 0.880. The lowest BCUT2D eigenvalue weighted by Gasteiger charge is -2.40. The van der Waals surface area contributed by atoms with Gasteiger partial charge in [-0.1, -0.05) is 36.2 Å². The third-order valence-electron chi connectivity index (χ3n) is 6.09. The highest BCUT2D eigenvalue weighted by Gasteiger charge is 2.38. The number of likely N-dealkylation sites (N-methyl/N-ethyl adjacent to an activating group) is 1. The second-order valence-corrected chi connectivity index (χ2v) is 9.19. The molecular formula is C24H33Cl2N5O4. The predicted octanol–water partition coefficient (Wildman–Crippen LogP) is 3.63. The van der Waals surface area contributed by atoms with Crippen molar-refractivity contribution >= 4 is 41.2 Å². The summed E-state index contributed by atoms with van der Waals surface area (Å²) in [5.41, 5.74) is 1.60. The smallest absolute Gasteiger partial charge is 0.338 e. The molecule has 2 aliphatic rings. The summed E-state index contributed by atoms with van der Waals surface area (Å²) in [5, 5.41) is 6.55. The largest absolute Gasteiger partial charge is 0.463 e. The average Bonchev–Trinajstić information content (AvgIpc) is 2.84. The minimum absolute atomic E-state index is 0.0650. The molecule has 9 nitrogen and oxygen atoms in total. The standard InChI is InChI=1S/C24H33Cl2N5O4/c1-4-9-27-23(33)30-12-10-29(11-13-30)15-19-20(22(32)35-6-3)21(28-24(34)31(19)5-2)16-7-8-17(25)18(26)14-16/h7-8,14,21H,4-6,9-13,15H2,1-3H3,(H,27,33)(H,28,34). The number of benzene rings is 1. The van der Waals surface area contributed by atoms with Crippen LogP contribution in [-0.4, -0.2) is 85.2 Å². The zero-order valence-electron chi connectivity index (χ0n) is 20.4. The molecule has 1 aromatic rings. The van der Waals surface area contributed by atoms with Crippen LogP contribution in [0.15, 0.2) is 29.5 Å². The van der Waals surface area contributed by atoms with Crippen LogP contribution >= 0.6 is 23.2 Å². The van der Waals surface area contributed by atoms with Gasteiger partial charge in [0.25, 0.3) is 0 Å². The summed E-state index contributed by atoms with van der Waals surface area (Å²) in [4.78, 5) is 44.1. The Morgan fingerprint density at radius 2 is 1.83 bits per heavy atom. The van der Waals surface area contributed by atoms with Gasteiger partial charge in [0.2, 0.25) is 0 Å². The first kappa shape index (κ1) is 27.1. The van der Waals surface area contributed by atoms with Gasteiger partial charge in [0.1, 0.15) is 0 Å². The molecule has 1 unspecified atom stereocenters. The molecule has 0 spiro atoms. The van der Waals surface area contributed by atoms with Crippen molar-refractivity contribution in [1.82, 2.24) is 25.3 Å². The second kappa shape index (κ2) is 12.5. The molecule has 2 N–H and O–H groups in total. The number of rotatable bonds is 8. The van der Waals surface area contributed by atoms with Crippen LogP contribution in [0.5, 0.6) is 0 Å². The topological polar surface area (TPSA) is 94.2 Å². The lowest BCUT2D eigenvalue weighted by Crippen LogP contribution is -2.55. The van der Waals surface area contributed by atoms with E-state index < -0.39 is 12.0 Å². The van der Waals surface area contributed by atoms with E-state index in [1.165, 1.54) is 0 Å². The van der Waals surface area contributed by atoms with Crippen LogP contribution < -0.4 is 10.6 Å². The fourth-order valence-corrected chi connectivity index (χ4v) is 4.57. The van der Waals surface area contributed by atoms with Crippen LogP contribution in [0.2, 0.25) is 10.0 Å². The number of amides is 4. The summed E-state index contributed by atoms with van der Waals surface area (Å²) in [6, 6.07) is 3.94. The van der Waals surface area contributed by atoms with Crippen LogP contribution in [-0.2, 0) is 9.53 Å². The molecular weight excluding hydrogens is 493 g/mol. The number of hydrogen-bond acceptors (Lipinski definition) is 5. The average molecular weight is 526 g/mol. The van der Waals surface area contributed by atoms with Gasteiger partial charge in [0.15, 0.2) is 0 Å². The number of carbonyl (C=O) groups excluding carboxylic acids is 3. The van der Waals surface area contributed by atoms with Crippen LogP contribution in [0.4, 0.5) is 9.59 Å². The summed E-state index contributed by atoms with van der Waals surface area (Å²) in [5.74, 6) is -0.491. The Bertz CT molecular complexity index is 979. The van der Waals surface area contributed by atoms with Gasteiger partial charge in [-0.25, -0.2) is 14.4 Å². The number of ether oxygens (including phenoxy) is 1. The Hall–Kier alpha value is -2.49. The predicted molar refractivity (Wildman–Crippen MR) is 135 cm³/mol. The number of esters is 1. The third kappa shape index (κ3) is 6.39. The van der Waals surface area contributed by atoms with Crippen molar-refractivity contribution in [2.75, 3.05) is 52.4 Å². The lowest BCUT2D eigenvalue weighted by molar-refractivity contribution is -0.139. The molecule has 1 atom stereocenters. The van der Waals surface area contributed by atoms with Crippen LogP contribution in [0.25, 0.3) is 0 Å². The van der Waals surface area contributed by atoms with Gasteiger partial charge >= 0.3 is 18.0 Å². The monoisotopic (exact) mass is 525 g/mol. The van der Waals surface area contributed by atoms with Crippen molar-refractivity contribution < 1.29 is 19.1 Å². The number of nitrogens with one attached hydrogen (secondary N) is 2. The van der Waals surface area contributed by atoms with E-state index in [0.717, 1.165) is 6.42 Å². The number of nitrogens with zero attached hydrogens (tertiary/aromatic N) is 3. The summed E-state index contributed by atoms with van der Waals surface area (Å²) < 4.78 is 5.41. The highest BCUT2D eigenvalue weighted by atomic mass is 35.5. The van der Waals surface area contributed by atoms with Crippen LogP contribution in [0.3, 0.4) is 0 Å². The van der Waals surface area contributed by atoms with Gasteiger partial charge in [-0.3, -0.25) is 9.80 Å². The molecule has 35 heavy (non-hydrogen) atoms. The van der Waals surface area contributed by atoms with Crippen LogP contribution in [0.1, 0.15) is 38.8 Å². The Kier molecular flexibility index (Phi) is 9.65. The van der Waals surface area contributed by atoms with Crippen LogP contribution in [0, 0.1) is 0 Å². The highest BCUT2D eigenvalue weighted by Crippen LogP contribution is 2.34. The molecule has 1 saturated heterocycles. The second-order valence-electron chi connectivity index (χ2n) is 8.38. The van der Waals surface area contributed by atoms with Gasteiger partial charge in [-0.2, -0.15) is 0 Å². The number of hydrogen-bond donors (Lipinski definition) is 2. The molecule has 1 aromatic carbocycles. The molecule has 0 aliphatic carbocycles. The van der Waals surface area contributed by atoms with E-state index in [4.69, 9.17) is 27.9 Å². The van der Waals surface area contributed by atoms with E-state index in [-0.39, 0.29) is 18.7 Å². The van der Waals surface area contributed by atoms with Crippen molar-refractivity contribution in [3.05, 3.63) is 45.1 Å². The van der Waals surface area contributed by atoms with Gasteiger partial charge in [0.05, 0.1) is 28.3 Å². The van der Waals surface area contributed by atoms with Gasteiger partial charge in [0, 0.05) is 51.5 Å². The highest BCUT2D eigenvalue weighted by molar-refractivity contribution is 6.42. The maximum Gasteiger partial charge on any atom is 0.338 e. The molecule has 4 amide bonds. The quantitative estimate of drug-likeness (QED) is 0.505. The minimum Gasteiger partial charge on any atom is -0.463 e. The maximum absolute atomic E-state index is 13.2. The van der Waals surface area contributed by atoms with Crippen molar-refractivity contribution in [3.8, 4) is 0 Å². The fraction of sp³-hybridized carbons (Fsp3) is 0.542. The summed E-state index contributed by atoms with van der Waals surface area (Å²) >= 11 is 12.3. The van der Waals surface area contributed by atoms with Crippen molar-refractivity contribution in [2.45, 2.75) is 33.2 Å². The first-order valence-electron chi connectivity index (χ1n) is 12.0. The lowest BCUT2D eigenvalue weighted by atomic mass is 9.94. The Balaban J connectivity index is 1.91. The minimum atomic E-state index is -0.727. The maximum atomic E-state index is 13.2. The third-order valence-corrected chi connectivity index (χ3v) is 6.83. The molecule has 0 aromatic heterocycles. The summed E-state index contributed by atoms with van der Waals surface area (Å²) in [6.45, 7) is 9.59. The zero-order valence-corrected chi connectivity index (χ0v) is 21.9. The molecule has 2 heterocycles. The molecule has 0 saturated carbocycles. The first-order chi connectivity index (χ1) is 16.8. The molecule has 0 bridgehead atoms. The fourth-order valence-electron chi connectivity index (χ4n) is 4.26. The van der Waals surface area contributed by atoms with Gasteiger partial charge in [-0.05, 0) is 38.0 Å². The van der Waals surface area contributed by atoms with E-state index in [1.807, 2.05) is 13.8 Å². The molecule has 3 rings (SSSR count). The Morgan fingerprint density at radius 1 is 1.11 bits per heavy atom. The van der Waals surface area contributed by atoms with Gasteiger partial charge in [-0.15, -0.1) is 0 Å². The van der Waals surface area contributed by atoms with Gasteiger partial charge < -0.3 is 20.3 Å². The van der Waals surface area contributed by atoms with Crippen molar-refractivity contribution in [3.63, 3.8) is 0 Å². The number of halogens is 2. The molecule has 0 radical (unpaired) electrons. The van der Waals surface area contributed by atoms with E-state index in [0.29, 0.717) is 72.7 Å². The van der Waals surface area contributed by atoms with E-state index in [9.17, 15) is 14.4 Å². The molecule has 192 valence electrons. The summed E-state index contributed by atoms with van der Waals surface area (Å²) in [7, 11) is 0. The number of carbonyl (C=O) groups is 3. The van der Waals surface area contributed by atoms with E-state index in [2.05, 4.69) is 15.5 Å². The Labute approximate surface area is 216 Å². The first-order valence-corrected chi connectivity index (χ1v) is 12.7. The molecule has 11 heteroatoms. The normalized spacial score (nSPS) is 19.0. The van der Waals surface area contributed by atoms with Crippen molar-refractivity contribution in [2.24, 2.45) is 0 Å². The van der Waals surface area contributed by atoms with E-state index in [1.54, 1.807) is 34.9 Å². The van der Waals surface area contributed by atoms with E-state index >= 15 is 0 Å². The molecule has 2 aliphatic heterocycles.